The molecule has 86 valence electrons. The third kappa shape index (κ3) is 2.22. The Morgan fingerprint density at radius 3 is 2.93 bits per heavy atom. The van der Waals surface area contributed by atoms with Gasteiger partial charge in [-0.15, -0.1) is 0 Å². The van der Waals surface area contributed by atoms with Gasteiger partial charge in [0, 0.05) is 6.54 Å². The van der Waals surface area contributed by atoms with Crippen LogP contribution in [0.4, 0.5) is 4.79 Å². The number of carbonyl (C=O) groups is 1. The van der Waals surface area contributed by atoms with Crippen LogP contribution in [0, 0.1) is 0 Å². The van der Waals surface area contributed by atoms with Gasteiger partial charge in [-0.2, -0.15) is 0 Å². The summed E-state index contributed by atoms with van der Waals surface area (Å²) >= 11 is 0. The zero-order valence-corrected chi connectivity index (χ0v) is 8.86. The number of amides is 2. The first-order valence-corrected chi connectivity index (χ1v) is 4.98. The van der Waals surface area contributed by atoms with Gasteiger partial charge < -0.3 is 25.3 Å². The van der Waals surface area contributed by atoms with Gasteiger partial charge in [-0.3, -0.25) is 0 Å². The van der Waals surface area contributed by atoms with Crippen LogP contribution in [-0.4, -0.2) is 43.3 Å². The summed E-state index contributed by atoms with van der Waals surface area (Å²) in [7, 11) is 0. The molecule has 6 nitrogen and oxygen atoms in total. The molecule has 3 N–H and O–H groups in total. The molecule has 2 heterocycles. The van der Waals surface area contributed by atoms with Crippen LogP contribution >= 0.6 is 0 Å². The topological polar surface area (TPSA) is 82.8 Å². The molecule has 0 aromatic rings. The summed E-state index contributed by atoms with van der Waals surface area (Å²) in [5, 5.41) is 2.51. The fraction of sp³-hybridized carbons (Fsp3) is 0.889. The van der Waals surface area contributed by atoms with Crippen molar-refractivity contribution in [2.75, 3.05) is 13.2 Å². The van der Waals surface area contributed by atoms with Gasteiger partial charge >= 0.3 is 6.03 Å². The SMILES string of the molecule is CC1(C)OC2COC(CNC(N)=O)C2O1. The second kappa shape index (κ2) is 3.62. The minimum atomic E-state index is -0.565. The summed E-state index contributed by atoms with van der Waals surface area (Å²) in [4.78, 5) is 10.6. The molecule has 2 rings (SSSR count). The average Bonchev–Trinajstić information content (AvgIpc) is 2.56. The lowest BCUT2D eigenvalue weighted by Gasteiger charge is -2.21. The van der Waals surface area contributed by atoms with E-state index >= 15 is 0 Å². The monoisotopic (exact) mass is 216 g/mol. The van der Waals surface area contributed by atoms with Crippen LogP contribution in [0.5, 0.6) is 0 Å². The van der Waals surface area contributed by atoms with Gasteiger partial charge in [0.15, 0.2) is 5.79 Å². The number of nitrogens with one attached hydrogen (secondary N) is 1. The van der Waals surface area contributed by atoms with Crippen molar-refractivity contribution in [3.05, 3.63) is 0 Å². The van der Waals surface area contributed by atoms with Crippen molar-refractivity contribution in [1.29, 1.82) is 0 Å². The minimum absolute atomic E-state index is 0.0420. The van der Waals surface area contributed by atoms with E-state index in [0.29, 0.717) is 13.2 Å². The lowest BCUT2D eigenvalue weighted by atomic mass is 10.1. The zero-order chi connectivity index (χ0) is 11.1. The number of ether oxygens (including phenoxy) is 3. The average molecular weight is 216 g/mol. The zero-order valence-electron chi connectivity index (χ0n) is 8.86. The van der Waals surface area contributed by atoms with E-state index in [1.807, 2.05) is 13.8 Å². The third-order valence-corrected chi connectivity index (χ3v) is 2.54. The highest BCUT2D eigenvalue weighted by atomic mass is 16.8. The molecule has 0 aromatic carbocycles. The Bertz CT molecular complexity index is 269. The minimum Gasteiger partial charge on any atom is -0.371 e. The second-order valence-electron chi connectivity index (χ2n) is 4.26. The van der Waals surface area contributed by atoms with E-state index in [4.69, 9.17) is 19.9 Å². The van der Waals surface area contributed by atoms with E-state index in [1.54, 1.807) is 0 Å². The first kappa shape index (κ1) is 10.7. The molecule has 3 atom stereocenters. The van der Waals surface area contributed by atoms with Crippen LogP contribution in [-0.2, 0) is 14.2 Å². The molecule has 0 spiro atoms. The second-order valence-corrected chi connectivity index (χ2v) is 4.26. The Labute approximate surface area is 88.0 Å². The van der Waals surface area contributed by atoms with E-state index in [2.05, 4.69) is 5.32 Å². The smallest absolute Gasteiger partial charge is 0.312 e. The summed E-state index contributed by atoms with van der Waals surface area (Å²) in [6.07, 6.45) is -0.337. The molecule has 0 saturated carbocycles. The summed E-state index contributed by atoms with van der Waals surface area (Å²) < 4.78 is 16.7. The van der Waals surface area contributed by atoms with Crippen molar-refractivity contribution in [2.24, 2.45) is 5.73 Å². The molecule has 2 fully saturated rings. The molecular formula is C9H16N2O4. The van der Waals surface area contributed by atoms with Crippen molar-refractivity contribution >= 4 is 6.03 Å². The lowest BCUT2D eigenvalue weighted by Crippen LogP contribution is -2.41. The number of carbonyl (C=O) groups excluding carboxylic acids is 1. The van der Waals surface area contributed by atoms with Gasteiger partial charge in [-0.1, -0.05) is 0 Å². The summed E-state index contributed by atoms with van der Waals surface area (Å²) in [5.41, 5.74) is 4.98. The number of hydrogen-bond acceptors (Lipinski definition) is 4. The van der Waals surface area contributed by atoms with Crippen LogP contribution in [0.3, 0.4) is 0 Å². The first-order valence-electron chi connectivity index (χ1n) is 4.98. The maximum absolute atomic E-state index is 10.6. The fourth-order valence-corrected chi connectivity index (χ4v) is 2.00. The maximum atomic E-state index is 10.6. The van der Waals surface area contributed by atoms with Gasteiger partial charge in [0.05, 0.1) is 6.61 Å². The van der Waals surface area contributed by atoms with E-state index in [1.165, 1.54) is 0 Å². The quantitative estimate of drug-likeness (QED) is 0.656. The normalized spacial score (nSPS) is 37.6. The lowest BCUT2D eigenvalue weighted by molar-refractivity contribution is -0.174. The molecule has 2 aliphatic heterocycles. The Hall–Kier alpha value is -0.850. The number of primary amides is 1. The molecule has 2 amide bonds. The molecule has 6 heteroatoms. The van der Waals surface area contributed by atoms with Crippen molar-refractivity contribution in [2.45, 2.75) is 37.9 Å². The van der Waals surface area contributed by atoms with Crippen molar-refractivity contribution in [1.82, 2.24) is 5.32 Å². The highest BCUT2D eigenvalue weighted by Gasteiger charge is 2.49. The van der Waals surface area contributed by atoms with Gasteiger partial charge in [0.2, 0.25) is 0 Å². The van der Waals surface area contributed by atoms with Gasteiger partial charge in [0.25, 0.3) is 0 Å². The summed E-state index contributed by atoms with van der Waals surface area (Å²) in [6.45, 7) is 4.59. The Morgan fingerprint density at radius 1 is 1.53 bits per heavy atom. The Kier molecular flexibility index (Phi) is 2.57. The number of hydrogen-bond donors (Lipinski definition) is 2. The van der Waals surface area contributed by atoms with Crippen LogP contribution in [0.25, 0.3) is 0 Å². The maximum Gasteiger partial charge on any atom is 0.312 e. The van der Waals surface area contributed by atoms with Crippen LogP contribution < -0.4 is 11.1 Å². The standard InChI is InChI=1S/C9H16N2O4/c1-9(2)14-6-4-13-5(7(6)15-9)3-11-8(10)12/h5-7H,3-4H2,1-2H3,(H3,10,11,12). The van der Waals surface area contributed by atoms with E-state index < -0.39 is 11.8 Å². The van der Waals surface area contributed by atoms with Crippen LogP contribution in [0.1, 0.15) is 13.8 Å². The van der Waals surface area contributed by atoms with Crippen LogP contribution in [0.2, 0.25) is 0 Å². The first-order chi connectivity index (χ1) is 6.98. The van der Waals surface area contributed by atoms with Gasteiger partial charge in [-0.05, 0) is 13.8 Å². The number of rotatable bonds is 2. The molecule has 2 saturated heterocycles. The largest absolute Gasteiger partial charge is 0.371 e. The predicted molar refractivity (Wildman–Crippen MR) is 51.2 cm³/mol. The summed E-state index contributed by atoms with van der Waals surface area (Å²) in [6, 6.07) is -0.555. The molecular weight excluding hydrogens is 200 g/mol. The van der Waals surface area contributed by atoms with E-state index in [9.17, 15) is 4.79 Å². The van der Waals surface area contributed by atoms with Gasteiger partial charge in [0.1, 0.15) is 18.3 Å². The van der Waals surface area contributed by atoms with E-state index in [-0.39, 0.29) is 18.3 Å². The highest BCUT2D eigenvalue weighted by molar-refractivity contribution is 5.71. The molecule has 0 aliphatic carbocycles. The Morgan fingerprint density at radius 2 is 2.27 bits per heavy atom. The molecule has 2 aliphatic rings. The van der Waals surface area contributed by atoms with Crippen molar-refractivity contribution in [3.63, 3.8) is 0 Å². The molecule has 15 heavy (non-hydrogen) atoms. The fourth-order valence-electron chi connectivity index (χ4n) is 2.00. The molecule has 0 radical (unpaired) electrons. The third-order valence-electron chi connectivity index (χ3n) is 2.54. The predicted octanol–water partition coefficient (Wildman–Crippen LogP) is -0.426. The van der Waals surface area contributed by atoms with Crippen molar-refractivity contribution in [3.8, 4) is 0 Å². The van der Waals surface area contributed by atoms with E-state index in [0.717, 1.165) is 0 Å². The number of urea groups is 1. The number of fused-ring (bicyclic) bond motifs is 1. The molecule has 3 unspecified atom stereocenters. The number of nitrogens with two attached hydrogens (primary N) is 1. The molecule has 0 bridgehead atoms. The molecule has 0 aromatic heterocycles. The summed E-state index contributed by atoms with van der Waals surface area (Å²) in [5.74, 6) is -0.565. The highest BCUT2D eigenvalue weighted by Crippen LogP contribution is 2.34. The van der Waals surface area contributed by atoms with Crippen molar-refractivity contribution < 1.29 is 19.0 Å². The van der Waals surface area contributed by atoms with Crippen LogP contribution in [0.15, 0.2) is 0 Å². The Balaban J connectivity index is 1.91. The van der Waals surface area contributed by atoms with Gasteiger partial charge in [-0.25, -0.2) is 4.79 Å².